The molecular weight excluding hydrogens is 482 g/mol. The van der Waals surface area contributed by atoms with Crippen LogP contribution in [0.4, 0.5) is 17.3 Å². The Morgan fingerprint density at radius 2 is 1.58 bits per heavy atom. The molecule has 0 atom stereocenters. The Morgan fingerprint density at radius 3 is 2.29 bits per heavy atom. The molecule has 38 heavy (non-hydrogen) atoms. The third-order valence-corrected chi connectivity index (χ3v) is 6.27. The van der Waals surface area contributed by atoms with Gasteiger partial charge in [-0.3, -0.25) is 14.4 Å². The Morgan fingerprint density at radius 1 is 0.868 bits per heavy atom. The fourth-order valence-corrected chi connectivity index (χ4v) is 4.27. The standard InChI is InChI=1S/C28H33N7O3/c1-19-9-10-20(2)23(17-19)34-13-15-35(16-14-34)28(38)27(37)33-25-18-24(30-12-11-29-21(3)36)31-26(32-25)22-7-5-4-6-8-22/h4-10,17-18H,11-16H2,1-3H3,(H,29,36)(H2,30,31,32,33,37). The highest BCUT2D eigenvalue weighted by atomic mass is 16.2. The van der Waals surface area contributed by atoms with Crippen LogP contribution in [-0.2, 0) is 14.4 Å². The lowest BCUT2D eigenvalue weighted by Gasteiger charge is -2.36. The maximum Gasteiger partial charge on any atom is 0.315 e. The van der Waals surface area contributed by atoms with E-state index in [4.69, 9.17) is 0 Å². The summed E-state index contributed by atoms with van der Waals surface area (Å²) in [6, 6.07) is 17.3. The van der Waals surface area contributed by atoms with E-state index in [0.717, 1.165) is 11.3 Å². The zero-order chi connectivity index (χ0) is 27.1. The van der Waals surface area contributed by atoms with Gasteiger partial charge in [-0.15, -0.1) is 0 Å². The Hall–Kier alpha value is -4.47. The largest absolute Gasteiger partial charge is 0.368 e. The van der Waals surface area contributed by atoms with Crippen LogP contribution in [0.15, 0.2) is 54.6 Å². The number of aryl methyl sites for hydroxylation is 2. The third kappa shape index (κ3) is 6.84. The zero-order valence-corrected chi connectivity index (χ0v) is 22.0. The first-order valence-electron chi connectivity index (χ1n) is 12.7. The minimum Gasteiger partial charge on any atom is -0.368 e. The van der Waals surface area contributed by atoms with Crippen molar-refractivity contribution in [2.75, 3.05) is 54.8 Å². The van der Waals surface area contributed by atoms with Crippen LogP contribution in [0.1, 0.15) is 18.1 Å². The molecule has 2 heterocycles. The summed E-state index contributed by atoms with van der Waals surface area (Å²) in [5.41, 5.74) is 4.30. The highest BCUT2D eigenvalue weighted by molar-refractivity contribution is 6.39. The van der Waals surface area contributed by atoms with E-state index in [-0.39, 0.29) is 11.7 Å². The summed E-state index contributed by atoms with van der Waals surface area (Å²) in [4.78, 5) is 49.8. The number of hydrogen-bond acceptors (Lipinski definition) is 7. The summed E-state index contributed by atoms with van der Waals surface area (Å²) in [5.74, 6) is -0.374. The van der Waals surface area contributed by atoms with Crippen molar-refractivity contribution in [2.24, 2.45) is 0 Å². The van der Waals surface area contributed by atoms with Crippen LogP contribution in [0.5, 0.6) is 0 Å². The van der Waals surface area contributed by atoms with E-state index in [1.54, 1.807) is 11.0 Å². The summed E-state index contributed by atoms with van der Waals surface area (Å²) >= 11 is 0. The number of piperazine rings is 1. The molecular formula is C28H33N7O3. The summed E-state index contributed by atoms with van der Waals surface area (Å²) in [5, 5.41) is 8.49. The smallest absolute Gasteiger partial charge is 0.315 e. The van der Waals surface area contributed by atoms with Crippen molar-refractivity contribution in [3.05, 3.63) is 65.7 Å². The van der Waals surface area contributed by atoms with Gasteiger partial charge in [0, 0.05) is 63.5 Å². The first-order valence-corrected chi connectivity index (χ1v) is 12.7. The van der Waals surface area contributed by atoms with Crippen LogP contribution >= 0.6 is 0 Å². The highest BCUT2D eigenvalue weighted by Crippen LogP contribution is 2.23. The van der Waals surface area contributed by atoms with Crippen LogP contribution in [-0.4, -0.2) is 71.9 Å². The van der Waals surface area contributed by atoms with Crippen molar-refractivity contribution in [1.29, 1.82) is 0 Å². The molecule has 1 aliphatic rings. The summed E-state index contributed by atoms with van der Waals surface area (Å²) in [6.45, 7) is 8.64. The number of benzene rings is 2. The predicted octanol–water partition coefficient (Wildman–Crippen LogP) is 2.60. The number of hydrogen-bond donors (Lipinski definition) is 3. The molecule has 3 amide bonds. The number of aromatic nitrogens is 2. The van der Waals surface area contributed by atoms with Gasteiger partial charge in [0.1, 0.15) is 11.6 Å². The normalized spacial score (nSPS) is 13.1. The molecule has 10 nitrogen and oxygen atoms in total. The van der Waals surface area contributed by atoms with E-state index in [1.165, 1.54) is 18.1 Å². The molecule has 3 N–H and O–H groups in total. The topological polar surface area (TPSA) is 120 Å². The van der Waals surface area contributed by atoms with Crippen LogP contribution in [0.2, 0.25) is 0 Å². The average molecular weight is 516 g/mol. The number of anilines is 3. The van der Waals surface area contributed by atoms with Gasteiger partial charge < -0.3 is 25.8 Å². The van der Waals surface area contributed by atoms with Gasteiger partial charge in [0.05, 0.1) is 0 Å². The lowest BCUT2D eigenvalue weighted by Crippen LogP contribution is -2.51. The van der Waals surface area contributed by atoms with Gasteiger partial charge in [0.2, 0.25) is 5.91 Å². The maximum atomic E-state index is 13.0. The van der Waals surface area contributed by atoms with Gasteiger partial charge in [0.25, 0.3) is 0 Å². The number of nitrogens with zero attached hydrogens (tertiary/aromatic N) is 4. The Balaban J connectivity index is 1.42. The van der Waals surface area contributed by atoms with Crippen LogP contribution in [0, 0.1) is 13.8 Å². The van der Waals surface area contributed by atoms with Gasteiger partial charge in [-0.1, -0.05) is 42.5 Å². The minimum atomic E-state index is -0.743. The molecule has 0 spiro atoms. The van der Waals surface area contributed by atoms with Crippen molar-refractivity contribution >= 4 is 35.0 Å². The van der Waals surface area contributed by atoms with E-state index in [1.807, 2.05) is 30.3 Å². The van der Waals surface area contributed by atoms with E-state index < -0.39 is 11.8 Å². The average Bonchev–Trinajstić information content (AvgIpc) is 2.92. The summed E-state index contributed by atoms with van der Waals surface area (Å²) in [6.07, 6.45) is 0. The first kappa shape index (κ1) is 26.6. The van der Waals surface area contributed by atoms with Crippen molar-refractivity contribution in [1.82, 2.24) is 20.2 Å². The van der Waals surface area contributed by atoms with Gasteiger partial charge in [-0.2, -0.15) is 0 Å². The molecule has 1 aliphatic heterocycles. The van der Waals surface area contributed by atoms with E-state index in [0.29, 0.717) is 50.9 Å². The van der Waals surface area contributed by atoms with E-state index >= 15 is 0 Å². The third-order valence-electron chi connectivity index (χ3n) is 6.27. The molecule has 3 aromatic rings. The van der Waals surface area contributed by atoms with Crippen molar-refractivity contribution in [2.45, 2.75) is 20.8 Å². The number of carbonyl (C=O) groups excluding carboxylic acids is 3. The van der Waals surface area contributed by atoms with E-state index in [9.17, 15) is 14.4 Å². The fraction of sp³-hybridized carbons (Fsp3) is 0.321. The monoisotopic (exact) mass is 515 g/mol. The quantitative estimate of drug-likeness (QED) is 0.327. The van der Waals surface area contributed by atoms with Crippen LogP contribution in [0.3, 0.4) is 0 Å². The van der Waals surface area contributed by atoms with Crippen molar-refractivity contribution in [3.63, 3.8) is 0 Å². The molecule has 2 aromatic carbocycles. The number of nitrogens with one attached hydrogen (secondary N) is 3. The molecule has 0 unspecified atom stereocenters. The second-order valence-corrected chi connectivity index (χ2v) is 9.26. The van der Waals surface area contributed by atoms with Gasteiger partial charge in [-0.05, 0) is 31.0 Å². The zero-order valence-electron chi connectivity index (χ0n) is 22.0. The van der Waals surface area contributed by atoms with Gasteiger partial charge in [0.15, 0.2) is 5.82 Å². The molecule has 0 radical (unpaired) electrons. The lowest BCUT2D eigenvalue weighted by molar-refractivity contribution is -0.143. The first-order chi connectivity index (χ1) is 18.3. The van der Waals surface area contributed by atoms with Crippen LogP contribution < -0.4 is 20.9 Å². The Labute approximate surface area is 222 Å². The van der Waals surface area contributed by atoms with Crippen molar-refractivity contribution in [3.8, 4) is 11.4 Å². The summed E-state index contributed by atoms with van der Waals surface area (Å²) < 4.78 is 0. The fourth-order valence-electron chi connectivity index (χ4n) is 4.27. The van der Waals surface area contributed by atoms with Gasteiger partial charge >= 0.3 is 11.8 Å². The highest BCUT2D eigenvalue weighted by Gasteiger charge is 2.27. The van der Waals surface area contributed by atoms with E-state index in [2.05, 4.69) is 62.9 Å². The summed E-state index contributed by atoms with van der Waals surface area (Å²) in [7, 11) is 0. The number of amides is 3. The Kier molecular flexibility index (Phi) is 8.52. The minimum absolute atomic E-state index is 0.124. The predicted molar refractivity (Wildman–Crippen MR) is 148 cm³/mol. The second kappa shape index (κ2) is 12.2. The van der Waals surface area contributed by atoms with Crippen molar-refractivity contribution < 1.29 is 14.4 Å². The molecule has 0 aliphatic carbocycles. The number of carbonyl (C=O) groups is 3. The lowest BCUT2D eigenvalue weighted by atomic mass is 10.1. The maximum absolute atomic E-state index is 13.0. The number of rotatable bonds is 7. The van der Waals surface area contributed by atoms with Crippen LogP contribution in [0.25, 0.3) is 11.4 Å². The molecule has 0 saturated carbocycles. The second-order valence-electron chi connectivity index (χ2n) is 9.26. The molecule has 1 fully saturated rings. The molecule has 0 bridgehead atoms. The molecule has 198 valence electrons. The SMILES string of the molecule is CC(=O)NCCNc1cc(NC(=O)C(=O)N2CCN(c3cc(C)ccc3C)CC2)nc(-c2ccccc2)n1. The molecule has 10 heteroatoms. The molecule has 4 rings (SSSR count). The molecule has 1 aromatic heterocycles. The Bertz CT molecular complexity index is 1310. The molecule has 1 saturated heterocycles. The van der Waals surface area contributed by atoms with Gasteiger partial charge in [-0.25, -0.2) is 9.97 Å².